The van der Waals surface area contributed by atoms with Gasteiger partial charge < -0.3 is 0 Å². The molecule has 0 saturated heterocycles. The van der Waals surface area contributed by atoms with Gasteiger partial charge in [0.15, 0.2) is 0 Å². The minimum atomic E-state index is 0.879. The normalized spacial score (nSPS) is 48.9. The maximum absolute atomic E-state index is 3.43. The van der Waals surface area contributed by atoms with E-state index in [1.807, 2.05) is 0 Å². The lowest BCUT2D eigenvalue weighted by Gasteiger charge is -2.60. The molecule has 0 aliphatic heterocycles. The van der Waals surface area contributed by atoms with Crippen molar-refractivity contribution < 1.29 is 0 Å². The van der Waals surface area contributed by atoms with Crippen LogP contribution in [0.5, 0.6) is 0 Å². The van der Waals surface area contributed by atoms with E-state index >= 15 is 0 Å². The number of nitrogens with zero attached hydrogens (tertiary/aromatic N) is 2. The maximum Gasteiger partial charge on any atom is 0.0133 e. The highest BCUT2D eigenvalue weighted by Gasteiger charge is 2.52. The van der Waals surface area contributed by atoms with Gasteiger partial charge in [0.05, 0.1) is 0 Å². The lowest BCUT2D eigenvalue weighted by Crippen LogP contribution is -2.63. The Morgan fingerprint density at radius 1 is 0.250 bits per heavy atom. The minimum Gasteiger partial charge on any atom is -0.294 e. The van der Waals surface area contributed by atoms with Gasteiger partial charge in [-0.15, -0.1) is 0 Å². The van der Waals surface area contributed by atoms with E-state index < -0.39 is 0 Å². The van der Waals surface area contributed by atoms with E-state index in [0.29, 0.717) is 0 Å². The molecule has 60 heavy (non-hydrogen) atoms. The van der Waals surface area contributed by atoms with Crippen LogP contribution < -0.4 is 0 Å². The van der Waals surface area contributed by atoms with E-state index in [1.54, 1.807) is 89.9 Å². The first-order valence-corrected chi connectivity index (χ1v) is 28.9. The Bertz CT molecular complexity index is 1200. The first kappa shape index (κ1) is 43.8. The summed E-state index contributed by atoms with van der Waals surface area (Å²) in [4.78, 5) is 6.87. The van der Waals surface area contributed by atoms with Crippen molar-refractivity contribution in [3.05, 3.63) is 0 Å². The molecule has 10 rings (SSSR count). The van der Waals surface area contributed by atoms with Gasteiger partial charge >= 0.3 is 0 Å². The molecule has 0 aromatic heterocycles. The summed E-state index contributed by atoms with van der Waals surface area (Å²) in [6, 6.07) is 5.30. The van der Waals surface area contributed by atoms with Crippen molar-refractivity contribution in [2.45, 2.75) is 282 Å². The maximum atomic E-state index is 3.43. The number of hydrogen-bond donors (Lipinski definition) is 0. The first-order chi connectivity index (χ1) is 29.4. The third-order valence-electron chi connectivity index (χ3n) is 22.7. The van der Waals surface area contributed by atoms with Crippen molar-refractivity contribution in [2.24, 2.45) is 82.9 Å². The summed E-state index contributed by atoms with van der Waals surface area (Å²) in [5, 5.41) is 0. The second-order valence-corrected chi connectivity index (χ2v) is 26.0. The van der Waals surface area contributed by atoms with Gasteiger partial charge in [-0.05, 0) is 224 Å². The van der Waals surface area contributed by atoms with Gasteiger partial charge in [-0.2, -0.15) is 0 Å². The van der Waals surface area contributed by atoms with Crippen LogP contribution in [0.15, 0.2) is 0 Å². The highest BCUT2D eigenvalue weighted by atomic mass is 15.3. The minimum absolute atomic E-state index is 0.879. The third-order valence-corrected chi connectivity index (χ3v) is 22.7. The molecular weight excluding hydrogens is 725 g/mol. The molecule has 0 spiro atoms. The zero-order valence-corrected chi connectivity index (χ0v) is 40.5. The second kappa shape index (κ2) is 19.8. The molecule has 0 radical (unpaired) electrons. The zero-order chi connectivity index (χ0) is 40.7. The monoisotopic (exact) mass is 825 g/mol. The molecule has 10 unspecified atom stereocenters. The van der Waals surface area contributed by atoms with E-state index in [9.17, 15) is 0 Å². The molecule has 342 valence electrons. The van der Waals surface area contributed by atoms with Crippen LogP contribution in [0.4, 0.5) is 0 Å². The fourth-order valence-corrected chi connectivity index (χ4v) is 19.2. The number of fused-ring (bicyclic) bond motifs is 1. The summed E-state index contributed by atoms with van der Waals surface area (Å²) in [5.41, 5.74) is 0. The lowest BCUT2D eigenvalue weighted by molar-refractivity contribution is -0.0999. The molecule has 10 saturated carbocycles. The molecule has 10 fully saturated rings. The average molecular weight is 825 g/mol. The van der Waals surface area contributed by atoms with Crippen LogP contribution in [0, 0.1) is 82.9 Å². The fraction of sp³-hybridized carbons (Fsp3) is 1.00. The van der Waals surface area contributed by atoms with Crippen LogP contribution in [0.1, 0.15) is 246 Å². The molecule has 10 aliphatic carbocycles. The largest absolute Gasteiger partial charge is 0.294 e. The molecule has 2 nitrogen and oxygen atoms in total. The summed E-state index contributed by atoms with van der Waals surface area (Å²) >= 11 is 0. The molecule has 10 atom stereocenters. The Morgan fingerprint density at radius 3 is 0.967 bits per heavy atom. The van der Waals surface area contributed by atoms with E-state index in [4.69, 9.17) is 0 Å². The molecule has 0 aromatic carbocycles. The van der Waals surface area contributed by atoms with Crippen molar-refractivity contribution in [3.8, 4) is 0 Å². The molecule has 0 heterocycles. The van der Waals surface area contributed by atoms with Crippen molar-refractivity contribution >= 4 is 0 Å². The third kappa shape index (κ3) is 9.32. The van der Waals surface area contributed by atoms with E-state index in [2.05, 4.69) is 37.5 Å². The van der Waals surface area contributed by atoms with E-state index in [0.717, 1.165) is 119 Å². The Balaban J connectivity index is 0.834. The SMILES string of the molecule is CC1CCC(N(C2CCC(C3CC(C4CCCCC4)C3)C(C)C2)C2CCC(N(C3CCC(C)CC3)C3CCC(C4CC(C5CCCCC5)C4)C(C)C3)C3CCCCC32)CC1. The highest BCUT2D eigenvalue weighted by molar-refractivity contribution is 5.06. The fourth-order valence-electron chi connectivity index (χ4n) is 19.2. The average Bonchev–Trinajstić information content (AvgIpc) is 3.24. The van der Waals surface area contributed by atoms with Gasteiger partial charge in [-0.3, -0.25) is 9.80 Å². The molecule has 2 heteroatoms. The second-order valence-electron chi connectivity index (χ2n) is 26.0. The van der Waals surface area contributed by atoms with Gasteiger partial charge in [0, 0.05) is 36.3 Å². The van der Waals surface area contributed by atoms with Gasteiger partial charge in [-0.25, -0.2) is 0 Å². The predicted molar refractivity (Wildman–Crippen MR) is 255 cm³/mol. The number of hydrogen-bond acceptors (Lipinski definition) is 2. The molecule has 10 aliphatic rings. The van der Waals surface area contributed by atoms with Gasteiger partial charge in [0.25, 0.3) is 0 Å². The standard InChI is InChI=1S/C58H100N2/c1-39-19-23-49(24-20-39)59(51-27-29-53(41(3)33-51)47-35-45(36-47)43-13-7-5-8-14-43)57-31-32-58(56-18-12-11-17-55(56)57)60(50-25-21-40(2)22-26-50)52-28-30-54(42(4)34-52)48-37-46(38-48)44-15-9-6-10-16-44/h39-58H,5-38H2,1-4H3. The molecule has 0 amide bonds. The van der Waals surface area contributed by atoms with Crippen LogP contribution >= 0.6 is 0 Å². The zero-order valence-electron chi connectivity index (χ0n) is 40.5. The topological polar surface area (TPSA) is 6.48 Å². The van der Waals surface area contributed by atoms with Crippen molar-refractivity contribution in [2.75, 3.05) is 0 Å². The van der Waals surface area contributed by atoms with Crippen LogP contribution in [0.3, 0.4) is 0 Å². The first-order valence-electron chi connectivity index (χ1n) is 28.9. The van der Waals surface area contributed by atoms with Crippen LogP contribution in [0.2, 0.25) is 0 Å². The van der Waals surface area contributed by atoms with E-state index in [1.165, 1.54) is 128 Å². The van der Waals surface area contributed by atoms with E-state index in [-0.39, 0.29) is 0 Å². The van der Waals surface area contributed by atoms with Gasteiger partial charge in [0.1, 0.15) is 0 Å². The Kier molecular flexibility index (Phi) is 14.5. The smallest absolute Gasteiger partial charge is 0.0133 e. The summed E-state index contributed by atoms with van der Waals surface area (Å²) < 4.78 is 0. The van der Waals surface area contributed by atoms with Crippen molar-refractivity contribution in [1.82, 2.24) is 9.80 Å². The van der Waals surface area contributed by atoms with Crippen LogP contribution in [0.25, 0.3) is 0 Å². The molecular formula is C58H100N2. The predicted octanol–water partition coefficient (Wildman–Crippen LogP) is 15.9. The van der Waals surface area contributed by atoms with Gasteiger partial charge in [-0.1, -0.05) is 105 Å². The highest BCUT2D eigenvalue weighted by Crippen LogP contribution is 2.56. The summed E-state index contributed by atoms with van der Waals surface area (Å²) in [7, 11) is 0. The summed E-state index contributed by atoms with van der Waals surface area (Å²) in [6.45, 7) is 10.7. The summed E-state index contributed by atoms with van der Waals surface area (Å²) in [5.74, 6) is 14.4. The molecule has 0 bridgehead atoms. The Labute approximate surface area is 373 Å². The molecule has 0 aromatic rings. The quantitative estimate of drug-likeness (QED) is 0.217. The van der Waals surface area contributed by atoms with Crippen LogP contribution in [-0.4, -0.2) is 46.1 Å². The van der Waals surface area contributed by atoms with Gasteiger partial charge in [0.2, 0.25) is 0 Å². The van der Waals surface area contributed by atoms with Crippen molar-refractivity contribution in [1.29, 1.82) is 0 Å². The Hall–Kier alpha value is -0.0800. The lowest BCUT2D eigenvalue weighted by atomic mass is 9.56. The molecule has 0 N–H and O–H groups in total. The summed E-state index contributed by atoms with van der Waals surface area (Å²) in [6.07, 6.45) is 52.4. The Morgan fingerprint density at radius 2 is 0.600 bits per heavy atom. The van der Waals surface area contributed by atoms with Crippen molar-refractivity contribution in [3.63, 3.8) is 0 Å². The van der Waals surface area contributed by atoms with Crippen LogP contribution in [-0.2, 0) is 0 Å². The number of rotatable bonds is 10.